The van der Waals surface area contributed by atoms with Crippen LogP contribution in [0.4, 0.5) is 0 Å². The Labute approximate surface area is 101 Å². The molecule has 0 amide bonds. The van der Waals surface area contributed by atoms with Crippen LogP contribution < -0.4 is 5.32 Å². The van der Waals surface area contributed by atoms with E-state index in [1.54, 1.807) is 0 Å². The van der Waals surface area contributed by atoms with Gasteiger partial charge in [-0.3, -0.25) is 0 Å². The zero-order chi connectivity index (χ0) is 11.5. The Kier molecular flexibility index (Phi) is 3.94. The minimum atomic E-state index is 0.550. The monoisotopic (exact) mass is 223 g/mol. The number of rotatable bonds is 4. The van der Waals surface area contributed by atoms with Gasteiger partial charge in [0.05, 0.1) is 0 Å². The van der Waals surface area contributed by atoms with Gasteiger partial charge < -0.3 is 5.32 Å². The van der Waals surface area contributed by atoms with Gasteiger partial charge in [0, 0.05) is 11.1 Å². The van der Waals surface area contributed by atoms with E-state index < -0.39 is 0 Å². The maximum absolute atomic E-state index is 4.05. The maximum atomic E-state index is 4.05. The molecule has 2 unspecified atom stereocenters. The second kappa shape index (κ2) is 5.08. The second-order valence-electron chi connectivity index (χ2n) is 6.28. The molecule has 2 atom stereocenters. The fraction of sp³-hybridized carbons (Fsp3) is 1.00. The lowest BCUT2D eigenvalue weighted by Gasteiger charge is -2.59. The van der Waals surface area contributed by atoms with Gasteiger partial charge in [0.2, 0.25) is 0 Å². The topological polar surface area (TPSA) is 12.0 Å². The van der Waals surface area contributed by atoms with Crippen LogP contribution >= 0.6 is 0 Å². The zero-order valence-corrected chi connectivity index (χ0v) is 11.3. The predicted molar refractivity (Wildman–Crippen MR) is 70.7 cm³/mol. The SMILES string of the molecule is CCCC12CCCCCCC(CCC)(C1)N2. The number of nitrogens with one attached hydrogen (secondary N) is 1. The summed E-state index contributed by atoms with van der Waals surface area (Å²) in [6, 6.07) is 0. The molecule has 2 saturated heterocycles. The van der Waals surface area contributed by atoms with E-state index in [1.165, 1.54) is 70.6 Å². The summed E-state index contributed by atoms with van der Waals surface area (Å²) in [5, 5.41) is 4.05. The Hall–Kier alpha value is -0.0400. The van der Waals surface area contributed by atoms with E-state index >= 15 is 0 Å². The molecule has 1 saturated carbocycles. The van der Waals surface area contributed by atoms with E-state index in [9.17, 15) is 0 Å². The van der Waals surface area contributed by atoms with Crippen molar-refractivity contribution in [1.82, 2.24) is 5.32 Å². The van der Waals surface area contributed by atoms with Crippen molar-refractivity contribution in [3.8, 4) is 0 Å². The highest BCUT2D eigenvalue weighted by molar-refractivity contribution is 5.12. The molecular weight excluding hydrogens is 194 g/mol. The van der Waals surface area contributed by atoms with Gasteiger partial charge in [0.25, 0.3) is 0 Å². The zero-order valence-electron chi connectivity index (χ0n) is 11.3. The van der Waals surface area contributed by atoms with Crippen molar-refractivity contribution in [1.29, 1.82) is 0 Å². The molecule has 1 heteroatoms. The third-order valence-electron chi connectivity index (χ3n) is 4.72. The highest BCUT2D eigenvalue weighted by Crippen LogP contribution is 2.46. The van der Waals surface area contributed by atoms with Gasteiger partial charge in [-0.25, -0.2) is 0 Å². The van der Waals surface area contributed by atoms with Gasteiger partial charge in [-0.2, -0.15) is 0 Å². The fourth-order valence-corrected chi connectivity index (χ4v) is 4.28. The Morgan fingerprint density at radius 3 is 1.62 bits per heavy atom. The van der Waals surface area contributed by atoms with Crippen molar-refractivity contribution in [2.45, 2.75) is 95.6 Å². The van der Waals surface area contributed by atoms with Gasteiger partial charge in [0.1, 0.15) is 0 Å². The average molecular weight is 223 g/mol. The normalized spacial score (nSPS) is 39.4. The standard InChI is InChI=1S/C15H29N/c1-3-9-14-11-7-5-6-8-12-15(13-14,16-14)10-4-2/h16H,3-13H2,1-2H3. The van der Waals surface area contributed by atoms with Crippen molar-refractivity contribution in [2.24, 2.45) is 0 Å². The van der Waals surface area contributed by atoms with Crippen LogP contribution in [0.15, 0.2) is 0 Å². The molecule has 94 valence electrons. The molecule has 0 aromatic carbocycles. The Balaban J connectivity index is 2.01. The van der Waals surface area contributed by atoms with Crippen LogP contribution in [0.5, 0.6) is 0 Å². The molecule has 0 radical (unpaired) electrons. The third kappa shape index (κ3) is 2.45. The molecule has 0 aromatic heterocycles. The molecular formula is C15H29N. The lowest BCUT2D eigenvalue weighted by molar-refractivity contribution is 0.0150. The molecule has 3 aliphatic rings. The summed E-state index contributed by atoms with van der Waals surface area (Å²) >= 11 is 0. The van der Waals surface area contributed by atoms with Crippen molar-refractivity contribution in [2.75, 3.05) is 0 Å². The largest absolute Gasteiger partial charge is 0.306 e. The Morgan fingerprint density at radius 1 is 0.812 bits per heavy atom. The predicted octanol–water partition coefficient (Wildman–Crippen LogP) is 4.41. The maximum Gasteiger partial charge on any atom is 0.0204 e. The molecule has 3 rings (SSSR count). The summed E-state index contributed by atoms with van der Waals surface area (Å²) in [5.74, 6) is 0. The van der Waals surface area contributed by atoms with E-state index in [0.717, 1.165) is 0 Å². The van der Waals surface area contributed by atoms with Crippen LogP contribution in [0, 0.1) is 0 Å². The summed E-state index contributed by atoms with van der Waals surface area (Å²) in [4.78, 5) is 0. The minimum Gasteiger partial charge on any atom is -0.306 e. The first kappa shape index (κ1) is 12.4. The molecule has 0 aromatic rings. The fourth-order valence-electron chi connectivity index (χ4n) is 4.28. The average Bonchev–Trinajstić information content (AvgIpc) is 2.33. The molecule has 2 bridgehead atoms. The minimum absolute atomic E-state index is 0.550. The molecule has 0 spiro atoms. The molecule has 16 heavy (non-hydrogen) atoms. The Morgan fingerprint density at radius 2 is 1.25 bits per heavy atom. The van der Waals surface area contributed by atoms with Crippen molar-refractivity contribution < 1.29 is 0 Å². The van der Waals surface area contributed by atoms with Crippen LogP contribution in [-0.2, 0) is 0 Å². The van der Waals surface area contributed by atoms with Crippen LogP contribution in [0.2, 0.25) is 0 Å². The van der Waals surface area contributed by atoms with Crippen LogP contribution in [0.1, 0.15) is 84.5 Å². The van der Waals surface area contributed by atoms with Crippen molar-refractivity contribution in [3.05, 3.63) is 0 Å². The van der Waals surface area contributed by atoms with E-state index in [-0.39, 0.29) is 0 Å². The van der Waals surface area contributed by atoms with Crippen LogP contribution in [-0.4, -0.2) is 11.1 Å². The first-order valence-corrected chi connectivity index (χ1v) is 7.54. The third-order valence-corrected chi connectivity index (χ3v) is 4.72. The smallest absolute Gasteiger partial charge is 0.0204 e. The molecule has 2 aliphatic heterocycles. The van der Waals surface area contributed by atoms with Crippen LogP contribution in [0.25, 0.3) is 0 Å². The molecule has 1 N–H and O–H groups in total. The summed E-state index contributed by atoms with van der Waals surface area (Å²) in [6.45, 7) is 4.67. The Bertz CT molecular complexity index is 193. The van der Waals surface area contributed by atoms with Crippen molar-refractivity contribution >= 4 is 0 Å². The number of hydrogen-bond donors (Lipinski definition) is 1. The summed E-state index contributed by atoms with van der Waals surface area (Å²) in [6.07, 6.45) is 15.7. The van der Waals surface area contributed by atoms with Gasteiger partial charge >= 0.3 is 0 Å². The van der Waals surface area contributed by atoms with E-state index in [1.807, 2.05) is 0 Å². The van der Waals surface area contributed by atoms with Gasteiger partial charge in [-0.05, 0) is 32.1 Å². The van der Waals surface area contributed by atoms with Crippen molar-refractivity contribution in [3.63, 3.8) is 0 Å². The molecule has 2 heterocycles. The highest BCUT2D eigenvalue weighted by Gasteiger charge is 2.51. The summed E-state index contributed by atoms with van der Waals surface area (Å²) < 4.78 is 0. The lowest BCUT2D eigenvalue weighted by Crippen LogP contribution is -2.71. The number of hydrogen-bond acceptors (Lipinski definition) is 1. The first-order valence-electron chi connectivity index (χ1n) is 7.54. The summed E-state index contributed by atoms with van der Waals surface area (Å²) in [7, 11) is 0. The summed E-state index contributed by atoms with van der Waals surface area (Å²) in [5.41, 5.74) is 1.10. The van der Waals surface area contributed by atoms with E-state index in [4.69, 9.17) is 0 Å². The molecule has 1 nitrogen and oxygen atoms in total. The van der Waals surface area contributed by atoms with Gasteiger partial charge in [0.15, 0.2) is 0 Å². The van der Waals surface area contributed by atoms with Gasteiger partial charge in [-0.1, -0.05) is 52.4 Å². The van der Waals surface area contributed by atoms with Gasteiger partial charge in [-0.15, -0.1) is 0 Å². The lowest BCUT2D eigenvalue weighted by atomic mass is 9.64. The quantitative estimate of drug-likeness (QED) is 0.744. The van der Waals surface area contributed by atoms with Crippen LogP contribution in [0.3, 0.4) is 0 Å². The molecule has 1 aliphatic carbocycles. The first-order chi connectivity index (χ1) is 7.74. The number of fused-ring (bicyclic) bond motifs is 5. The molecule has 3 fully saturated rings. The van der Waals surface area contributed by atoms with E-state index in [2.05, 4.69) is 19.2 Å². The highest BCUT2D eigenvalue weighted by atomic mass is 15.1. The second-order valence-corrected chi connectivity index (χ2v) is 6.28. The van der Waals surface area contributed by atoms with E-state index in [0.29, 0.717) is 11.1 Å².